The van der Waals surface area contributed by atoms with Gasteiger partial charge in [0.1, 0.15) is 0 Å². The molecule has 1 aliphatic carbocycles. The standard InChI is InChI=1S/C22H27FN2O2/c1-24(2)19-16-7-3-4-8-17(16)22(21(19)27)10-12-25(13-11-22)14-15-6-5-9-18(23)20(15)26/h3-9,19,21,26-27H,10-14H2,1-2H3/t19-,21+/m0/s1. The summed E-state index contributed by atoms with van der Waals surface area (Å²) in [5.41, 5.74) is 2.88. The second-order valence-electron chi connectivity index (χ2n) is 8.12. The highest BCUT2D eigenvalue weighted by Gasteiger charge is 2.53. The van der Waals surface area contributed by atoms with Crippen LogP contribution in [0.25, 0.3) is 0 Å². The van der Waals surface area contributed by atoms with Crippen LogP contribution in [0.15, 0.2) is 42.5 Å². The Hall–Kier alpha value is -1.95. The molecule has 0 bridgehead atoms. The number of piperidine rings is 1. The smallest absolute Gasteiger partial charge is 0.165 e. The second-order valence-corrected chi connectivity index (χ2v) is 8.12. The first kappa shape index (κ1) is 18.4. The molecule has 0 radical (unpaired) electrons. The van der Waals surface area contributed by atoms with Crippen molar-refractivity contribution in [2.45, 2.75) is 36.9 Å². The van der Waals surface area contributed by atoms with Gasteiger partial charge in [0.05, 0.1) is 12.1 Å². The topological polar surface area (TPSA) is 46.9 Å². The largest absolute Gasteiger partial charge is 0.505 e. The molecule has 0 saturated carbocycles. The molecule has 2 atom stereocenters. The number of likely N-dealkylation sites (tertiary alicyclic amines) is 1. The molecule has 144 valence electrons. The molecule has 1 aliphatic heterocycles. The van der Waals surface area contributed by atoms with Crippen molar-refractivity contribution < 1.29 is 14.6 Å². The molecule has 27 heavy (non-hydrogen) atoms. The van der Waals surface area contributed by atoms with Crippen molar-refractivity contribution in [1.29, 1.82) is 0 Å². The van der Waals surface area contributed by atoms with Gasteiger partial charge in [-0.1, -0.05) is 36.4 Å². The van der Waals surface area contributed by atoms with E-state index in [1.165, 1.54) is 17.2 Å². The molecule has 2 aliphatic rings. The average Bonchev–Trinajstić information content (AvgIpc) is 2.90. The van der Waals surface area contributed by atoms with E-state index in [2.05, 4.69) is 28.0 Å². The lowest BCUT2D eigenvalue weighted by Crippen LogP contribution is -2.49. The van der Waals surface area contributed by atoms with Crippen LogP contribution in [0.5, 0.6) is 5.75 Å². The number of hydrogen-bond acceptors (Lipinski definition) is 4. The Balaban J connectivity index is 1.55. The number of nitrogens with zero attached hydrogens (tertiary/aromatic N) is 2. The van der Waals surface area contributed by atoms with Gasteiger partial charge >= 0.3 is 0 Å². The normalized spacial score (nSPS) is 24.5. The third-order valence-electron chi connectivity index (χ3n) is 6.45. The number of rotatable bonds is 3. The maximum atomic E-state index is 13.6. The third kappa shape index (κ3) is 2.94. The molecule has 1 heterocycles. The minimum atomic E-state index is -0.574. The van der Waals surface area contributed by atoms with Crippen molar-refractivity contribution in [3.8, 4) is 5.75 Å². The van der Waals surface area contributed by atoms with E-state index >= 15 is 0 Å². The fourth-order valence-electron chi connectivity index (χ4n) is 5.00. The SMILES string of the molecule is CN(C)[C@H]1c2ccccc2C2(CCN(Cc3cccc(F)c3O)CC2)[C@@H]1O. The van der Waals surface area contributed by atoms with Crippen LogP contribution in [0.3, 0.4) is 0 Å². The number of phenols is 1. The number of para-hydroxylation sites is 1. The Morgan fingerprint density at radius 1 is 1.11 bits per heavy atom. The van der Waals surface area contributed by atoms with Crippen LogP contribution in [0.2, 0.25) is 0 Å². The molecule has 0 amide bonds. The number of aromatic hydroxyl groups is 1. The Labute approximate surface area is 159 Å². The maximum Gasteiger partial charge on any atom is 0.165 e. The van der Waals surface area contributed by atoms with E-state index in [0.29, 0.717) is 12.1 Å². The molecular formula is C22H27FN2O2. The van der Waals surface area contributed by atoms with E-state index in [9.17, 15) is 14.6 Å². The van der Waals surface area contributed by atoms with E-state index in [1.54, 1.807) is 12.1 Å². The lowest BCUT2D eigenvalue weighted by Gasteiger charge is -2.43. The van der Waals surface area contributed by atoms with Crippen LogP contribution in [0.4, 0.5) is 4.39 Å². The molecule has 1 fully saturated rings. The van der Waals surface area contributed by atoms with Gasteiger partial charge in [-0.2, -0.15) is 0 Å². The Bertz CT molecular complexity index is 831. The van der Waals surface area contributed by atoms with Gasteiger partial charge in [-0.15, -0.1) is 0 Å². The zero-order chi connectivity index (χ0) is 19.2. The summed E-state index contributed by atoms with van der Waals surface area (Å²) in [6.45, 7) is 2.14. The lowest BCUT2D eigenvalue weighted by molar-refractivity contribution is -0.00402. The summed E-state index contributed by atoms with van der Waals surface area (Å²) >= 11 is 0. The molecule has 0 unspecified atom stereocenters. The van der Waals surface area contributed by atoms with Crippen LogP contribution in [-0.2, 0) is 12.0 Å². The van der Waals surface area contributed by atoms with Gasteiger partial charge in [0.2, 0.25) is 0 Å². The Kier molecular flexibility index (Phi) is 4.70. The first-order valence-electron chi connectivity index (χ1n) is 9.56. The first-order chi connectivity index (χ1) is 12.9. The molecule has 4 rings (SSSR count). The number of aliphatic hydroxyl groups excluding tert-OH is 1. The minimum absolute atomic E-state index is 0.0139. The van der Waals surface area contributed by atoms with Crippen molar-refractivity contribution in [3.05, 3.63) is 65.0 Å². The minimum Gasteiger partial charge on any atom is -0.505 e. The molecule has 1 saturated heterocycles. The predicted octanol–water partition coefficient (Wildman–Crippen LogP) is 3.04. The number of fused-ring (bicyclic) bond motifs is 2. The van der Waals surface area contributed by atoms with Crippen molar-refractivity contribution in [1.82, 2.24) is 9.80 Å². The highest BCUT2D eigenvalue weighted by molar-refractivity contribution is 5.45. The molecule has 2 N–H and O–H groups in total. The van der Waals surface area contributed by atoms with E-state index in [-0.39, 0.29) is 17.2 Å². The first-order valence-corrected chi connectivity index (χ1v) is 9.56. The second kappa shape index (κ2) is 6.89. The number of likely N-dealkylation sites (N-methyl/N-ethyl adjacent to an activating group) is 1. The predicted molar refractivity (Wildman–Crippen MR) is 103 cm³/mol. The van der Waals surface area contributed by atoms with Crippen molar-refractivity contribution in [2.24, 2.45) is 0 Å². The van der Waals surface area contributed by atoms with Gasteiger partial charge in [0.25, 0.3) is 0 Å². The fourth-order valence-corrected chi connectivity index (χ4v) is 5.00. The molecule has 5 heteroatoms. The Morgan fingerprint density at radius 3 is 2.52 bits per heavy atom. The highest BCUT2D eigenvalue weighted by Crippen LogP contribution is 2.52. The van der Waals surface area contributed by atoms with E-state index in [4.69, 9.17) is 0 Å². The summed E-state index contributed by atoms with van der Waals surface area (Å²) in [7, 11) is 4.04. The molecule has 1 spiro atoms. The number of aliphatic hydroxyl groups is 1. The van der Waals surface area contributed by atoms with Crippen molar-refractivity contribution >= 4 is 0 Å². The van der Waals surface area contributed by atoms with Crippen LogP contribution < -0.4 is 0 Å². The fraction of sp³-hybridized carbons (Fsp3) is 0.455. The van der Waals surface area contributed by atoms with E-state index in [1.807, 2.05) is 20.2 Å². The zero-order valence-corrected chi connectivity index (χ0v) is 15.9. The number of benzene rings is 2. The molecule has 2 aromatic carbocycles. The number of hydrogen-bond donors (Lipinski definition) is 2. The van der Waals surface area contributed by atoms with Crippen LogP contribution in [0.1, 0.15) is 35.6 Å². The monoisotopic (exact) mass is 370 g/mol. The quantitative estimate of drug-likeness (QED) is 0.872. The van der Waals surface area contributed by atoms with Gasteiger partial charge in [0.15, 0.2) is 11.6 Å². The molecule has 4 nitrogen and oxygen atoms in total. The summed E-state index contributed by atoms with van der Waals surface area (Å²) in [4.78, 5) is 4.34. The summed E-state index contributed by atoms with van der Waals surface area (Å²) in [6.07, 6.45) is 1.27. The van der Waals surface area contributed by atoms with Gasteiger partial charge in [-0.3, -0.25) is 4.90 Å². The van der Waals surface area contributed by atoms with Crippen LogP contribution in [0, 0.1) is 5.82 Å². The molecule has 0 aromatic heterocycles. The van der Waals surface area contributed by atoms with E-state index in [0.717, 1.165) is 25.9 Å². The zero-order valence-electron chi connectivity index (χ0n) is 15.9. The van der Waals surface area contributed by atoms with E-state index < -0.39 is 11.9 Å². The average molecular weight is 370 g/mol. The number of halogens is 1. The molecule has 2 aromatic rings. The summed E-state index contributed by atoms with van der Waals surface area (Å²) in [6, 6.07) is 13.1. The van der Waals surface area contributed by atoms with Gasteiger partial charge in [0, 0.05) is 17.5 Å². The van der Waals surface area contributed by atoms with Gasteiger partial charge in [-0.25, -0.2) is 4.39 Å². The number of phenolic OH excluding ortho intramolecular Hbond substituents is 1. The maximum absolute atomic E-state index is 13.6. The van der Waals surface area contributed by atoms with Crippen molar-refractivity contribution in [2.75, 3.05) is 27.2 Å². The Morgan fingerprint density at radius 2 is 1.81 bits per heavy atom. The molecular weight excluding hydrogens is 343 g/mol. The van der Waals surface area contributed by atoms with Crippen molar-refractivity contribution in [3.63, 3.8) is 0 Å². The summed E-state index contributed by atoms with van der Waals surface area (Å²) in [5.74, 6) is -0.827. The summed E-state index contributed by atoms with van der Waals surface area (Å²) in [5, 5.41) is 21.2. The van der Waals surface area contributed by atoms with Crippen LogP contribution in [-0.4, -0.2) is 53.3 Å². The third-order valence-corrected chi connectivity index (χ3v) is 6.45. The summed E-state index contributed by atoms with van der Waals surface area (Å²) < 4.78 is 13.6. The van der Waals surface area contributed by atoms with Crippen LogP contribution >= 0.6 is 0 Å². The lowest BCUT2D eigenvalue weighted by atomic mass is 9.72. The van der Waals surface area contributed by atoms with Gasteiger partial charge in [-0.05, 0) is 57.2 Å². The highest BCUT2D eigenvalue weighted by atomic mass is 19.1. The van der Waals surface area contributed by atoms with Gasteiger partial charge < -0.3 is 15.1 Å².